The van der Waals surface area contributed by atoms with Crippen LogP contribution in [0.15, 0.2) is 0 Å². The van der Waals surface area contributed by atoms with E-state index in [2.05, 4.69) is 17.6 Å². The largest absolute Gasteiger partial charge is 0.356 e. The fourth-order valence-electron chi connectivity index (χ4n) is 2.33. The first-order valence-corrected chi connectivity index (χ1v) is 6.05. The monoisotopic (exact) mass is 212 g/mol. The van der Waals surface area contributed by atoms with E-state index in [4.69, 9.17) is 0 Å². The van der Waals surface area contributed by atoms with Gasteiger partial charge in [-0.15, -0.1) is 0 Å². The van der Waals surface area contributed by atoms with Gasteiger partial charge in [-0.25, -0.2) is 0 Å². The van der Waals surface area contributed by atoms with Crippen LogP contribution in [0.1, 0.15) is 33.1 Å². The van der Waals surface area contributed by atoms with E-state index in [9.17, 15) is 4.79 Å². The average Bonchev–Trinajstić information content (AvgIpc) is 2.61. The number of nitrogens with one attached hydrogen (secondary N) is 2. The molecule has 0 radical (unpaired) electrons. The second-order valence-electron chi connectivity index (χ2n) is 4.99. The summed E-state index contributed by atoms with van der Waals surface area (Å²) < 4.78 is 0. The van der Waals surface area contributed by atoms with Crippen LogP contribution in [0.5, 0.6) is 0 Å². The first kappa shape index (κ1) is 12.5. The van der Waals surface area contributed by atoms with Crippen LogP contribution in [-0.4, -0.2) is 26.0 Å². The van der Waals surface area contributed by atoms with Crippen molar-refractivity contribution in [2.75, 3.05) is 20.1 Å². The van der Waals surface area contributed by atoms with Crippen LogP contribution in [0.2, 0.25) is 0 Å². The van der Waals surface area contributed by atoms with Crippen LogP contribution >= 0.6 is 0 Å². The maximum atomic E-state index is 11.6. The van der Waals surface area contributed by atoms with Crippen LogP contribution in [0, 0.1) is 17.8 Å². The van der Waals surface area contributed by atoms with Gasteiger partial charge in [-0.3, -0.25) is 4.79 Å². The van der Waals surface area contributed by atoms with Gasteiger partial charge in [-0.1, -0.05) is 20.3 Å². The number of carbonyl (C=O) groups is 1. The van der Waals surface area contributed by atoms with Crippen LogP contribution in [0.3, 0.4) is 0 Å². The molecular weight excluding hydrogens is 188 g/mol. The Bertz CT molecular complexity index is 206. The Labute approximate surface area is 93.0 Å². The molecule has 0 heterocycles. The SMILES string of the molecule is CNCC(C)C(=O)NCC1CCC(C)C1. The summed E-state index contributed by atoms with van der Waals surface area (Å²) in [5, 5.41) is 6.07. The molecule has 1 amide bonds. The Morgan fingerprint density at radius 3 is 2.73 bits per heavy atom. The number of rotatable bonds is 5. The molecule has 3 atom stereocenters. The third kappa shape index (κ3) is 4.20. The van der Waals surface area contributed by atoms with E-state index in [0.717, 1.165) is 19.0 Å². The van der Waals surface area contributed by atoms with E-state index in [-0.39, 0.29) is 11.8 Å². The first-order chi connectivity index (χ1) is 7.13. The zero-order valence-electron chi connectivity index (χ0n) is 10.2. The average molecular weight is 212 g/mol. The molecule has 1 fully saturated rings. The molecule has 1 saturated carbocycles. The van der Waals surface area contributed by atoms with Crippen molar-refractivity contribution in [3.05, 3.63) is 0 Å². The Balaban J connectivity index is 2.16. The van der Waals surface area contributed by atoms with Crippen molar-refractivity contribution in [3.8, 4) is 0 Å². The third-order valence-corrected chi connectivity index (χ3v) is 3.33. The van der Waals surface area contributed by atoms with Gasteiger partial charge in [0.05, 0.1) is 0 Å². The molecule has 0 aromatic heterocycles. The maximum Gasteiger partial charge on any atom is 0.224 e. The van der Waals surface area contributed by atoms with Crippen LogP contribution < -0.4 is 10.6 Å². The van der Waals surface area contributed by atoms with Gasteiger partial charge in [0.25, 0.3) is 0 Å². The smallest absolute Gasteiger partial charge is 0.224 e. The van der Waals surface area contributed by atoms with Gasteiger partial charge in [-0.05, 0) is 31.7 Å². The molecule has 1 aliphatic carbocycles. The van der Waals surface area contributed by atoms with Crippen LogP contribution in [0.25, 0.3) is 0 Å². The van der Waals surface area contributed by atoms with Gasteiger partial charge in [0.15, 0.2) is 0 Å². The molecule has 3 unspecified atom stereocenters. The minimum Gasteiger partial charge on any atom is -0.356 e. The highest BCUT2D eigenvalue weighted by Gasteiger charge is 2.22. The third-order valence-electron chi connectivity index (χ3n) is 3.33. The molecule has 88 valence electrons. The minimum atomic E-state index is 0.0776. The summed E-state index contributed by atoms with van der Waals surface area (Å²) in [6.45, 7) is 5.89. The van der Waals surface area contributed by atoms with Gasteiger partial charge in [0.1, 0.15) is 0 Å². The number of amides is 1. The Morgan fingerprint density at radius 1 is 1.47 bits per heavy atom. The second-order valence-corrected chi connectivity index (χ2v) is 4.99. The lowest BCUT2D eigenvalue weighted by Gasteiger charge is -2.14. The van der Waals surface area contributed by atoms with Crippen molar-refractivity contribution < 1.29 is 4.79 Å². The van der Waals surface area contributed by atoms with E-state index >= 15 is 0 Å². The first-order valence-electron chi connectivity index (χ1n) is 6.05. The molecule has 3 nitrogen and oxygen atoms in total. The molecule has 0 saturated heterocycles. The van der Waals surface area contributed by atoms with Crippen molar-refractivity contribution in [2.45, 2.75) is 33.1 Å². The molecule has 1 aliphatic rings. The lowest BCUT2D eigenvalue weighted by molar-refractivity contribution is -0.124. The second kappa shape index (κ2) is 6.11. The van der Waals surface area contributed by atoms with Gasteiger partial charge in [0.2, 0.25) is 5.91 Å². The van der Waals surface area contributed by atoms with Crippen molar-refractivity contribution in [2.24, 2.45) is 17.8 Å². The minimum absolute atomic E-state index is 0.0776. The predicted octanol–water partition coefficient (Wildman–Crippen LogP) is 1.39. The molecule has 0 aromatic carbocycles. The Morgan fingerprint density at radius 2 is 2.20 bits per heavy atom. The lowest BCUT2D eigenvalue weighted by Crippen LogP contribution is -2.36. The highest BCUT2D eigenvalue weighted by atomic mass is 16.1. The van der Waals surface area contributed by atoms with E-state index in [0.29, 0.717) is 5.92 Å². The van der Waals surface area contributed by atoms with Crippen LogP contribution in [-0.2, 0) is 4.79 Å². The number of hydrogen-bond acceptors (Lipinski definition) is 2. The van der Waals surface area contributed by atoms with Crippen LogP contribution in [0.4, 0.5) is 0 Å². The zero-order valence-corrected chi connectivity index (χ0v) is 10.2. The number of hydrogen-bond donors (Lipinski definition) is 2. The highest BCUT2D eigenvalue weighted by molar-refractivity contribution is 5.78. The predicted molar refractivity (Wildman–Crippen MR) is 62.6 cm³/mol. The molecule has 0 spiro atoms. The van der Waals surface area contributed by atoms with E-state index in [1.165, 1.54) is 19.3 Å². The van der Waals surface area contributed by atoms with Crippen molar-refractivity contribution >= 4 is 5.91 Å². The summed E-state index contributed by atoms with van der Waals surface area (Å²) in [6.07, 6.45) is 3.88. The van der Waals surface area contributed by atoms with Gasteiger partial charge < -0.3 is 10.6 Å². The highest BCUT2D eigenvalue weighted by Crippen LogP contribution is 2.29. The molecule has 0 bridgehead atoms. The van der Waals surface area contributed by atoms with Gasteiger partial charge in [0, 0.05) is 19.0 Å². The Hall–Kier alpha value is -0.570. The summed E-state index contributed by atoms with van der Waals surface area (Å²) in [5.74, 6) is 1.82. The van der Waals surface area contributed by atoms with Gasteiger partial charge in [-0.2, -0.15) is 0 Å². The van der Waals surface area contributed by atoms with Gasteiger partial charge >= 0.3 is 0 Å². The molecule has 2 N–H and O–H groups in total. The van der Waals surface area contributed by atoms with E-state index in [1.807, 2.05) is 14.0 Å². The van der Waals surface area contributed by atoms with E-state index < -0.39 is 0 Å². The Kier molecular flexibility index (Phi) is 5.09. The topological polar surface area (TPSA) is 41.1 Å². The summed E-state index contributed by atoms with van der Waals surface area (Å²) in [4.78, 5) is 11.6. The fourth-order valence-corrected chi connectivity index (χ4v) is 2.33. The lowest BCUT2D eigenvalue weighted by atomic mass is 10.1. The fraction of sp³-hybridized carbons (Fsp3) is 0.917. The van der Waals surface area contributed by atoms with E-state index in [1.54, 1.807) is 0 Å². The molecular formula is C12H24N2O. The molecule has 3 heteroatoms. The standard InChI is InChI=1S/C12H24N2O/c1-9-4-5-11(6-9)8-14-12(15)10(2)7-13-3/h9-11,13H,4-8H2,1-3H3,(H,14,15). The summed E-state index contributed by atoms with van der Waals surface area (Å²) in [6, 6.07) is 0. The maximum absolute atomic E-state index is 11.6. The number of carbonyl (C=O) groups excluding carboxylic acids is 1. The van der Waals surface area contributed by atoms with Crippen molar-refractivity contribution in [3.63, 3.8) is 0 Å². The summed E-state index contributed by atoms with van der Waals surface area (Å²) in [7, 11) is 1.88. The quantitative estimate of drug-likeness (QED) is 0.723. The van der Waals surface area contributed by atoms with Crippen molar-refractivity contribution in [1.29, 1.82) is 0 Å². The summed E-state index contributed by atoms with van der Waals surface area (Å²) >= 11 is 0. The van der Waals surface area contributed by atoms with Crippen molar-refractivity contribution in [1.82, 2.24) is 10.6 Å². The zero-order chi connectivity index (χ0) is 11.3. The molecule has 0 aromatic rings. The molecule has 0 aliphatic heterocycles. The normalized spacial score (nSPS) is 27.7. The molecule has 15 heavy (non-hydrogen) atoms. The summed E-state index contributed by atoms with van der Waals surface area (Å²) in [5.41, 5.74) is 0. The molecule has 1 rings (SSSR count).